The third kappa shape index (κ3) is 5.62. The van der Waals surface area contributed by atoms with Gasteiger partial charge in [0.25, 0.3) is 5.91 Å². The van der Waals surface area contributed by atoms with E-state index >= 15 is 0 Å². The number of aromatic nitrogens is 2. The van der Waals surface area contributed by atoms with Gasteiger partial charge in [-0.15, -0.1) is 10.2 Å². The molecule has 8 heteroatoms. The van der Waals surface area contributed by atoms with Crippen LogP contribution in [0.3, 0.4) is 0 Å². The summed E-state index contributed by atoms with van der Waals surface area (Å²) >= 11 is 1.23. The number of amides is 2. The lowest BCUT2D eigenvalue weighted by molar-refractivity contribution is -0.113. The Balaban J connectivity index is 1.51. The molecule has 1 aromatic heterocycles. The number of aryl methyl sites for hydroxylation is 1. The number of hydrogen-bond donors (Lipinski definition) is 2. The number of carbonyl (C=O) groups is 2. The highest BCUT2D eigenvalue weighted by atomic mass is 32.2. The Morgan fingerprint density at radius 2 is 1.82 bits per heavy atom. The Bertz CT molecular complexity index is 996. The molecular weight excluding hydrogens is 379 g/mol. The van der Waals surface area contributed by atoms with E-state index in [1.807, 2.05) is 31.2 Å². The van der Waals surface area contributed by atoms with E-state index < -0.39 is 11.7 Å². The molecule has 0 unspecified atom stereocenters. The van der Waals surface area contributed by atoms with Crippen molar-refractivity contribution >= 4 is 35.1 Å². The predicted octanol–water partition coefficient (Wildman–Crippen LogP) is 3.91. The van der Waals surface area contributed by atoms with E-state index in [9.17, 15) is 14.0 Å². The van der Waals surface area contributed by atoms with Crippen LogP contribution in [0.2, 0.25) is 0 Å². The summed E-state index contributed by atoms with van der Waals surface area (Å²) in [5.41, 5.74) is 1.99. The van der Waals surface area contributed by atoms with Gasteiger partial charge in [0.1, 0.15) is 10.8 Å². The number of hydrogen-bond acceptors (Lipinski definition) is 5. The van der Waals surface area contributed by atoms with Crippen molar-refractivity contribution in [1.29, 1.82) is 0 Å². The number of thioether (sulfide) groups is 1. The first-order chi connectivity index (χ1) is 13.5. The van der Waals surface area contributed by atoms with Gasteiger partial charge in [0.2, 0.25) is 5.91 Å². The highest BCUT2D eigenvalue weighted by Crippen LogP contribution is 2.17. The van der Waals surface area contributed by atoms with Crippen molar-refractivity contribution < 1.29 is 14.0 Å². The largest absolute Gasteiger partial charge is 0.325 e. The fraction of sp³-hybridized carbons (Fsp3) is 0.100. The van der Waals surface area contributed by atoms with Crippen LogP contribution in [0.1, 0.15) is 15.9 Å². The van der Waals surface area contributed by atoms with Crippen LogP contribution in [0.15, 0.2) is 65.7 Å². The predicted molar refractivity (Wildman–Crippen MR) is 107 cm³/mol. The zero-order valence-corrected chi connectivity index (χ0v) is 15.8. The number of nitrogens with zero attached hydrogens (tertiary/aromatic N) is 2. The first-order valence-corrected chi connectivity index (χ1v) is 9.38. The molecule has 3 rings (SSSR count). The highest BCUT2D eigenvalue weighted by Gasteiger charge is 2.09. The van der Waals surface area contributed by atoms with Gasteiger partial charge in [-0.2, -0.15) is 0 Å². The molecule has 2 aromatic carbocycles. The Kier molecular flexibility index (Phi) is 6.33. The van der Waals surface area contributed by atoms with Crippen LogP contribution in [0.25, 0.3) is 0 Å². The minimum absolute atomic E-state index is 0.152. The van der Waals surface area contributed by atoms with Gasteiger partial charge in [0.15, 0.2) is 5.82 Å². The molecule has 142 valence electrons. The van der Waals surface area contributed by atoms with Gasteiger partial charge in [-0.3, -0.25) is 9.59 Å². The molecule has 0 saturated carbocycles. The highest BCUT2D eigenvalue weighted by molar-refractivity contribution is 7.99. The van der Waals surface area contributed by atoms with Crippen LogP contribution >= 0.6 is 11.8 Å². The maximum atomic E-state index is 13.2. The van der Waals surface area contributed by atoms with E-state index in [0.29, 0.717) is 5.03 Å². The second-order valence-corrected chi connectivity index (χ2v) is 6.92. The molecule has 0 saturated heterocycles. The Morgan fingerprint density at radius 3 is 2.54 bits per heavy atom. The van der Waals surface area contributed by atoms with E-state index in [1.54, 1.807) is 12.1 Å². The van der Waals surface area contributed by atoms with Crippen LogP contribution in [0.4, 0.5) is 15.9 Å². The summed E-state index contributed by atoms with van der Waals surface area (Å²) in [5, 5.41) is 13.8. The van der Waals surface area contributed by atoms with Gasteiger partial charge in [0, 0.05) is 11.3 Å². The molecule has 0 spiro atoms. The number of anilines is 2. The summed E-state index contributed by atoms with van der Waals surface area (Å²) < 4.78 is 13.2. The molecule has 0 aliphatic heterocycles. The molecule has 28 heavy (non-hydrogen) atoms. The maximum Gasteiger partial charge on any atom is 0.256 e. The lowest BCUT2D eigenvalue weighted by Crippen LogP contribution is -2.15. The standard InChI is InChI=1S/C20H17FN4O2S/c1-13-4-2-7-16(10-13)22-18(26)12-28-19-9-8-17(24-25-19)23-20(27)14-5-3-6-15(21)11-14/h2-11H,12H2,1H3,(H,22,26)(H,23,24,27). The minimum Gasteiger partial charge on any atom is -0.325 e. The van der Waals surface area contributed by atoms with E-state index in [0.717, 1.165) is 17.3 Å². The summed E-state index contributed by atoms with van der Waals surface area (Å²) in [6.45, 7) is 1.95. The SMILES string of the molecule is Cc1cccc(NC(=O)CSc2ccc(NC(=O)c3cccc(F)c3)nn2)c1. The second-order valence-electron chi connectivity index (χ2n) is 5.93. The van der Waals surface area contributed by atoms with E-state index in [4.69, 9.17) is 0 Å². The molecule has 1 heterocycles. The van der Waals surface area contributed by atoms with Gasteiger partial charge in [0.05, 0.1) is 5.75 Å². The smallest absolute Gasteiger partial charge is 0.256 e. The van der Waals surface area contributed by atoms with Crippen LogP contribution in [0.5, 0.6) is 0 Å². The third-order valence-corrected chi connectivity index (χ3v) is 4.54. The summed E-state index contributed by atoms with van der Waals surface area (Å²) in [5.74, 6) is -0.706. The molecule has 2 N–H and O–H groups in total. The minimum atomic E-state index is -0.491. The number of rotatable bonds is 6. The molecule has 0 radical (unpaired) electrons. The zero-order valence-electron chi connectivity index (χ0n) is 15.0. The number of nitrogens with one attached hydrogen (secondary N) is 2. The molecule has 2 amide bonds. The molecule has 3 aromatic rings. The van der Waals surface area contributed by atoms with Crippen LogP contribution in [0, 0.1) is 12.7 Å². The van der Waals surface area contributed by atoms with Crippen LogP contribution in [-0.2, 0) is 4.79 Å². The lowest BCUT2D eigenvalue weighted by Gasteiger charge is -2.06. The summed E-state index contributed by atoms with van der Waals surface area (Å²) in [6, 6.07) is 16.1. The van der Waals surface area contributed by atoms with Gasteiger partial charge in [-0.1, -0.05) is 30.0 Å². The average molecular weight is 396 g/mol. The normalized spacial score (nSPS) is 10.4. The fourth-order valence-electron chi connectivity index (χ4n) is 2.34. The molecular formula is C20H17FN4O2S. The third-order valence-electron chi connectivity index (χ3n) is 3.62. The topological polar surface area (TPSA) is 84.0 Å². The fourth-order valence-corrected chi connectivity index (χ4v) is 2.96. The monoisotopic (exact) mass is 396 g/mol. The van der Waals surface area contributed by atoms with Crippen molar-refractivity contribution in [1.82, 2.24) is 10.2 Å². The van der Waals surface area contributed by atoms with Gasteiger partial charge in [-0.05, 0) is 55.0 Å². The molecule has 0 aliphatic carbocycles. The number of halogens is 1. The summed E-state index contributed by atoms with van der Waals surface area (Å²) in [7, 11) is 0. The average Bonchev–Trinajstić information content (AvgIpc) is 2.67. The summed E-state index contributed by atoms with van der Waals surface area (Å²) in [4.78, 5) is 24.1. The first-order valence-electron chi connectivity index (χ1n) is 8.39. The van der Waals surface area contributed by atoms with Crippen molar-refractivity contribution in [2.75, 3.05) is 16.4 Å². The van der Waals surface area contributed by atoms with Crippen molar-refractivity contribution in [2.45, 2.75) is 11.9 Å². The van der Waals surface area contributed by atoms with Crippen LogP contribution < -0.4 is 10.6 Å². The van der Waals surface area contributed by atoms with Crippen molar-refractivity contribution in [3.8, 4) is 0 Å². The van der Waals surface area contributed by atoms with E-state index in [2.05, 4.69) is 20.8 Å². The quantitative estimate of drug-likeness (QED) is 0.617. The first kappa shape index (κ1) is 19.5. The van der Waals surface area contributed by atoms with Crippen molar-refractivity contribution in [3.05, 3.63) is 77.6 Å². The Labute approximate surface area is 165 Å². The number of carbonyl (C=O) groups excluding carboxylic acids is 2. The number of benzene rings is 2. The zero-order chi connectivity index (χ0) is 19.9. The molecule has 6 nitrogen and oxygen atoms in total. The Hall–Kier alpha value is -3.26. The van der Waals surface area contributed by atoms with E-state index in [1.165, 1.54) is 30.0 Å². The second kappa shape index (κ2) is 9.09. The summed E-state index contributed by atoms with van der Waals surface area (Å²) in [6.07, 6.45) is 0. The van der Waals surface area contributed by atoms with E-state index in [-0.39, 0.29) is 23.0 Å². The Morgan fingerprint density at radius 1 is 1.00 bits per heavy atom. The molecule has 0 aliphatic rings. The van der Waals surface area contributed by atoms with Crippen LogP contribution in [-0.4, -0.2) is 27.8 Å². The van der Waals surface area contributed by atoms with Crippen molar-refractivity contribution in [3.63, 3.8) is 0 Å². The molecule has 0 bridgehead atoms. The maximum absolute atomic E-state index is 13.2. The molecule has 0 fully saturated rings. The lowest BCUT2D eigenvalue weighted by atomic mass is 10.2. The van der Waals surface area contributed by atoms with Gasteiger partial charge >= 0.3 is 0 Å². The van der Waals surface area contributed by atoms with Gasteiger partial charge < -0.3 is 10.6 Å². The van der Waals surface area contributed by atoms with Gasteiger partial charge in [-0.25, -0.2) is 4.39 Å². The molecule has 0 atom stereocenters. The van der Waals surface area contributed by atoms with Crippen molar-refractivity contribution in [2.24, 2.45) is 0 Å².